The first kappa shape index (κ1) is 19.2. The summed E-state index contributed by atoms with van der Waals surface area (Å²) in [5.74, 6) is -0.583. The van der Waals surface area contributed by atoms with Gasteiger partial charge in [-0.3, -0.25) is 19.5 Å². The van der Waals surface area contributed by atoms with Crippen LogP contribution in [0.4, 0.5) is 11.4 Å². The van der Waals surface area contributed by atoms with Gasteiger partial charge >= 0.3 is 5.76 Å². The number of aryl methyl sites for hydroxylation is 1. The topological polar surface area (TPSA) is 119 Å². The number of anilines is 1. The summed E-state index contributed by atoms with van der Waals surface area (Å²) < 4.78 is 6.67. The van der Waals surface area contributed by atoms with Gasteiger partial charge in [0.15, 0.2) is 5.58 Å². The number of hydrogen-bond donors (Lipinski definition) is 2. The van der Waals surface area contributed by atoms with Crippen molar-refractivity contribution >= 4 is 28.4 Å². The van der Waals surface area contributed by atoms with Crippen molar-refractivity contribution in [1.82, 2.24) is 9.88 Å². The molecule has 0 fully saturated rings. The fourth-order valence-electron chi connectivity index (χ4n) is 2.89. The van der Waals surface area contributed by atoms with Gasteiger partial charge in [0.25, 0.3) is 5.69 Å². The van der Waals surface area contributed by atoms with Crippen molar-refractivity contribution in [3.63, 3.8) is 0 Å². The molecular formula is C19H20N4O5. The molecule has 2 N–H and O–H groups in total. The Morgan fingerprint density at radius 3 is 2.68 bits per heavy atom. The van der Waals surface area contributed by atoms with E-state index in [1.165, 1.54) is 10.6 Å². The largest absolute Gasteiger partial charge is 0.419 e. The zero-order chi connectivity index (χ0) is 19.9. The molecule has 1 heterocycles. The van der Waals surface area contributed by atoms with E-state index in [4.69, 9.17) is 4.42 Å². The van der Waals surface area contributed by atoms with E-state index in [0.29, 0.717) is 42.8 Å². The molecule has 0 bridgehead atoms. The molecule has 3 aromatic rings. The number of benzene rings is 2. The van der Waals surface area contributed by atoms with Crippen LogP contribution in [0.15, 0.2) is 57.7 Å². The highest BCUT2D eigenvalue weighted by Crippen LogP contribution is 2.22. The van der Waals surface area contributed by atoms with E-state index in [1.54, 1.807) is 36.4 Å². The van der Waals surface area contributed by atoms with Crippen LogP contribution in [0.5, 0.6) is 0 Å². The van der Waals surface area contributed by atoms with Crippen LogP contribution in [-0.4, -0.2) is 28.5 Å². The highest BCUT2D eigenvalue weighted by molar-refractivity contribution is 5.76. The molecule has 28 heavy (non-hydrogen) atoms. The van der Waals surface area contributed by atoms with Crippen molar-refractivity contribution in [2.24, 2.45) is 0 Å². The molecule has 0 saturated carbocycles. The van der Waals surface area contributed by atoms with Crippen molar-refractivity contribution in [3.05, 3.63) is 69.2 Å². The van der Waals surface area contributed by atoms with Crippen molar-refractivity contribution < 1.29 is 14.1 Å². The average Bonchev–Trinajstić information content (AvgIpc) is 3.01. The Labute approximate surface area is 160 Å². The predicted molar refractivity (Wildman–Crippen MR) is 104 cm³/mol. The molecule has 3 rings (SSSR count). The van der Waals surface area contributed by atoms with Crippen LogP contribution in [-0.2, 0) is 11.3 Å². The van der Waals surface area contributed by atoms with Crippen molar-refractivity contribution in [2.45, 2.75) is 19.4 Å². The van der Waals surface area contributed by atoms with Gasteiger partial charge in [-0.05, 0) is 24.6 Å². The van der Waals surface area contributed by atoms with Gasteiger partial charge in [0.05, 0.1) is 10.4 Å². The van der Waals surface area contributed by atoms with E-state index in [2.05, 4.69) is 10.6 Å². The van der Waals surface area contributed by atoms with Crippen LogP contribution in [0.3, 0.4) is 0 Å². The summed E-state index contributed by atoms with van der Waals surface area (Å²) in [7, 11) is 0. The van der Waals surface area contributed by atoms with Gasteiger partial charge in [-0.2, -0.15) is 0 Å². The molecule has 9 nitrogen and oxygen atoms in total. The lowest BCUT2D eigenvalue weighted by atomic mass is 10.2. The fraction of sp³-hybridized carbons (Fsp3) is 0.263. The third kappa shape index (κ3) is 4.56. The molecule has 0 atom stereocenters. The Kier molecular flexibility index (Phi) is 6.05. The van der Waals surface area contributed by atoms with E-state index in [0.717, 1.165) is 0 Å². The van der Waals surface area contributed by atoms with Gasteiger partial charge in [-0.1, -0.05) is 24.3 Å². The number of oxazole rings is 1. The van der Waals surface area contributed by atoms with E-state index in [-0.39, 0.29) is 18.0 Å². The van der Waals surface area contributed by atoms with Gasteiger partial charge in [0, 0.05) is 32.1 Å². The van der Waals surface area contributed by atoms with Gasteiger partial charge in [0.2, 0.25) is 5.91 Å². The van der Waals surface area contributed by atoms with E-state index >= 15 is 0 Å². The minimum absolute atomic E-state index is 0.00777. The number of rotatable bonds is 9. The zero-order valence-electron chi connectivity index (χ0n) is 15.1. The predicted octanol–water partition coefficient (Wildman–Crippen LogP) is 2.51. The number of hydrogen-bond acceptors (Lipinski definition) is 6. The highest BCUT2D eigenvalue weighted by Gasteiger charge is 2.12. The smallest absolute Gasteiger partial charge is 0.408 e. The highest BCUT2D eigenvalue weighted by atomic mass is 16.6. The Morgan fingerprint density at radius 1 is 1.11 bits per heavy atom. The SMILES string of the molecule is O=C(CCCn1c(=O)oc2ccccc21)NCCNc1ccccc1[N+](=O)[O-]. The summed E-state index contributed by atoms with van der Waals surface area (Å²) in [6, 6.07) is 13.5. The van der Waals surface area contributed by atoms with Crippen LogP contribution in [0.25, 0.3) is 11.1 Å². The lowest BCUT2D eigenvalue weighted by Gasteiger charge is -2.08. The van der Waals surface area contributed by atoms with Gasteiger partial charge < -0.3 is 15.1 Å². The maximum Gasteiger partial charge on any atom is 0.419 e. The summed E-state index contributed by atoms with van der Waals surface area (Å²) >= 11 is 0. The minimum Gasteiger partial charge on any atom is -0.408 e. The number of nitrogens with zero attached hydrogens (tertiary/aromatic N) is 2. The quantitative estimate of drug-likeness (QED) is 0.332. The third-order valence-electron chi connectivity index (χ3n) is 4.22. The molecular weight excluding hydrogens is 364 g/mol. The second-order valence-electron chi connectivity index (χ2n) is 6.14. The summed E-state index contributed by atoms with van der Waals surface area (Å²) in [5, 5.41) is 16.6. The number of aromatic nitrogens is 1. The Bertz CT molecular complexity index is 1040. The normalized spacial score (nSPS) is 10.7. The van der Waals surface area contributed by atoms with Crippen LogP contribution >= 0.6 is 0 Å². The first-order valence-corrected chi connectivity index (χ1v) is 8.88. The van der Waals surface area contributed by atoms with Crippen molar-refractivity contribution in [3.8, 4) is 0 Å². The average molecular weight is 384 g/mol. The molecule has 146 valence electrons. The Hall–Kier alpha value is -3.62. The molecule has 9 heteroatoms. The van der Waals surface area contributed by atoms with E-state index in [1.807, 2.05) is 6.07 Å². The maximum absolute atomic E-state index is 11.9. The number of para-hydroxylation sites is 4. The van der Waals surface area contributed by atoms with Crippen molar-refractivity contribution in [2.75, 3.05) is 18.4 Å². The third-order valence-corrected chi connectivity index (χ3v) is 4.22. The first-order valence-electron chi connectivity index (χ1n) is 8.88. The Morgan fingerprint density at radius 2 is 1.86 bits per heavy atom. The molecule has 0 saturated heterocycles. The van der Waals surface area contributed by atoms with Crippen LogP contribution in [0.1, 0.15) is 12.8 Å². The number of nitro groups is 1. The Balaban J connectivity index is 1.41. The van der Waals surface area contributed by atoms with Gasteiger partial charge in [-0.15, -0.1) is 0 Å². The number of nitro benzene ring substituents is 1. The number of carbonyl (C=O) groups is 1. The number of amides is 1. The lowest BCUT2D eigenvalue weighted by Crippen LogP contribution is -2.29. The molecule has 1 amide bonds. The van der Waals surface area contributed by atoms with Crippen LogP contribution < -0.4 is 16.4 Å². The molecule has 0 spiro atoms. The molecule has 2 aromatic carbocycles. The van der Waals surface area contributed by atoms with E-state index in [9.17, 15) is 19.7 Å². The maximum atomic E-state index is 11.9. The van der Waals surface area contributed by atoms with Gasteiger partial charge in [0.1, 0.15) is 5.69 Å². The molecule has 1 aromatic heterocycles. The van der Waals surface area contributed by atoms with Gasteiger partial charge in [-0.25, -0.2) is 4.79 Å². The monoisotopic (exact) mass is 384 g/mol. The number of carbonyl (C=O) groups excluding carboxylic acids is 1. The van der Waals surface area contributed by atoms with Crippen LogP contribution in [0, 0.1) is 10.1 Å². The second-order valence-corrected chi connectivity index (χ2v) is 6.14. The first-order chi connectivity index (χ1) is 13.6. The fourth-order valence-corrected chi connectivity index (χ4v) is 2.89. The number of fused-ring (bicyclic) bond motifs is 1. The molecule has 0 aliphatic rings. The zero-order valence-corrected chi connectivity index (χ0v) is 15.1. The molecule has 0 aliphatic carbocycles. The lowest BCUT2D eigenvalue weighted by molar-refractivity contribution is -0.384. The van der Waals surface area contributed by atoms with E-state index < -0.39 is 10.7 Å². The molecule has 0 radical (unpaired) electrons. The molecule has 0 unspecified atom stereocenters. The van der Waals surface area contributed by atoms with Crippen LogP contribution in [0.2, 0.25) is 0 Å². The second kappa shape index (κ2) is 8.85. The summed E-state index contributed by atoms with van der Waals surface area (Å²) in [4.78, 5) is 34.3. The molecule has 0 aliphatic heterocycles. The minimum atomic E-state index is -0.456. The number of nitrogens with one attached hydrogen (secondary N) is 2. The summed E-state index contributed by atoms with van der Waals surface area (Å²) in [6.07, 6.45) is 0.754. The summed E-state index contributed by atoms with van der Waals surface area (Å²) in [5.41, 5.74) is 1.64. The standard InChI is InChI=1S/C19H20N4O5/c24-18(21-12-11-20-14-6-1-2-7-15(14)23(26)27)10-5-13-22-16-8-3-4-9-17(16)28-19(22)25/h1-4,6-9,20H,5,10-13H2,(H,21,24). The van der Waals surface area contributed by atoms with Crippen molar-refractivity contribution in [1.29, 1.82) is 0 Å². The summed E-state index contributed by atoms with van der Waals surface area (Å²) in [6.45, 7) is 1.08.